The van der Waals surface area contributed by atoms with Crippen molar-refractivity contribution in [2.75, 3.05) is 10.1 Å². The number of hydrogen-bond donors (Lipinski definition) is 2. The van der Waals surface area contributed by atoms with E-state index in [4.69, 9.17) is 0 Å². The highest BCUT2D eigenvalue weighted by Crippen LogP contribution is 2.12. The van der Waals surface area contributed by atoms with Crippen LogP contribution in [0.15, 0.2) is 72.8 Å². The molecule has 6 heteroatoms. The molecule has 0 spiro atoms. The summed E-state index contributed by atoms with van der Waals surface area (Å²) in [4.78, 5) is 23.5. The van der Waals surface area contributed by atoms with Crippen LogP contribution in [-0.4, -0.2) is 22.2 Å². The lowest BCUT2D eigenvalue weighted by Gasteiger charge is -2.13. The predicted molar refractivity (Wildman–Crippen MR) is 80.6 cm³/mol. The van der Waals surface area contributed by atoms with Gasteiger partial charge in [-0.2, -0.15) is 10.1 Å². The van der Waals surface area contributed by atoms with Crippen molar-refractivity contribution in [3.8, 4) is 0 Å². The Kier molecular flexibility index (Phi) is 5.02. The van der Waals surface area contributed by atoms with E-state index in [2.05, 4.69) is 0 Å². The van der Waals surface area contributed by atoms with Gasteiger partial charge >= 0.3 is 0 Å². The van der Waals surface area contributed by atoms with Crippen LogP contribution in [0.3, 0.4) is 0 Å². The third kappa shape index (κ3) is 3.78. The van der Waals surface area contributed by atoms with E-state index in [0.717, 1.165) is 12.2 Å². The second kappa shape index (κ2) is 7.16. The van der Waals surface area contributed by atoms with E-state index in [1.165, 1.54) is 24.3 Å². The Hall–Kier alpha value is -2.96. The number of para-hydroxylation sites is 2. The molecule has 2 N–H and O–H groups in total. The molecule has 0 atom stereocenters. The van der Waals surface area contributed by atoms with Crippen LogP contribution in [0.2, 0.25) is 0 Å². The van der Waals surface area contributed by atoms with Gasteiger partial charge in [-0.15, -0.1) is 0 Å². The van der Waals surface area contributed by atoms with Gasteiger partial charge in [-0.1, -0.05) is 36.4 Å². The minimum Gasteiger partial charge on any atom is -0.281 e. The van der Waals surface area contributed by atoms with Crippen LogP contribution in [0.5, 0.6) is 0 Å². The Morgan fingerprint density at radius 3 is 1.32 bits per heavy atom. The van der Waals surface area contributed by atoms with E-state index in [1.807, 2.05) is 0 Å². The van der Waals surface area contributed by atoms with Crippen LogP contribution in [-0.2, 0) is 9.59 Å². The zero-order valence-electron chi connectivity index (χ0n) is 11.5. The molecular formula is C16H14N2O4. The zero-order valence-corrected chi connectivity index (χ0v) is 11.5. The highest BCUT2D eigenvalue weighted by molar-refractivity contribution is 6.07. The number of hydroxylamine groups is 2. The molecule has 6 nitrogen and oxygen atoms in total. The molecule has 112 valence electrons. The molecule has 2 aromatic carbocycles. The summed E-state index contributed by atoms with van der Waals surface area (Å²) in [6, 6.07) is 16.3. The quantitative estimate of drug-likeness (QED) is 0.516. The van der Waals surface area contributed by atoms with Crippen LogP contribution in [0.4, 0.5) is 11.4 Å². The molecule has 0 aliphatic heterocycles. The molecule has 22 heavy (non-hydrogen) atoms. The lowest BCUT2D eigenvalue weighted by molar-refractivity contribution is -0.121. The summed E-state index contributed by atoms with van der Waals surface area (Å²) in [5, 5.41) is 20.2. The molecule has 0 heterocycles. The van der Waals surface area contributed by atoms with Crippen molar-refractivity contribution in [1.29, 1.82) is 0 Å². The molecular weight excluding hydrogens is 284 g/mol. The van der Waals surface area contributed by atoms with Crippen LogP contribution >= 0.6 is 0 Å². The maximum absolute atomic E-state index is 11.7. The number of benzene rings is 2. The minimum absolute atomic E-state index is 0.272. The fourth-order valence-electron chi connectivity index (χ4n) is 1.68. The third-order valence-electron chi connectivity index (χ3n) is 2.79. The van der Waals surface area contributed by atoms with Crippen LogP contribution in [0.25, 0.3) is 0 Å². The summed E-state index contributed by atoms with van der Waals surface area (Å²) >= 11 is 0. The highest BCUT2D eigenvalue weighted by atomic mass is 16.5. The summed E-state index contributed by atoms with van der Waals surface area (Å²) in [6.45, 7) is 0. The molecule has 2 rings (SSSR count). The summed E-state index contributed by atoms with van der Waals surface area (Å²) < 4.78 is 0. The minimum atomic E-state index is -0.805. The third-order valence-corrected chi connectivity index (χ3v) is 2.79. The van der Waals surface area contributed by atoms with E-state index < -0.39 is 11.8 Å². The second-order valence-electron chi connectivity index (χ2n) is 4.30. The molecule has 0 aromatic heterocycles. The Bertz CT molecular complexity index is 612. The molecule has 0 aliphatic rings. The van der Waals surface area contributed by atoms with Crippen molar-refractivity contribution in [1.82, 2.24) is 0 Å². The van der Waals surface area contributed by atoms with Gasteiger partial charge in [-0.05, 0) is 24.3 Å². The van der Waals surface area contributed by atoms with Gasteiger partial charge < -0.3 is 0 Å². The van der Waals surface area contributed by atoms with Crippen molar-refractivity contribution in [2.45, 2.75) is 0 Å². The number of nitrogens with zero attached hydrogens (tertiary/aromatic N) is 2. The normalized spacial score (nSPS) is 10.5. The monoisotopic (exact) mass is 298 g/mol. The topological polar surface area (TPSA) is 81.1 Å². The summed E-state index contributed by atoms with van der Waals surface area (Å²) in [7, 11) is 0. The first-order valence-corrected chi connectivity index (χ1v) is 6.43. The molecule has 2 aromatic rings. The van der Waals surface area contributed by atoms with Gasteiger partial charge in [0.05, 0.1) is 11.4 Å². The highest BCUT2D eigenvalue weighted by Gasteiger charge is 2.13. The van der Waals surface area contributed by atoms with Crippen LogP contribution in [0, 0.1) is 0 Å². The number of amides is 2. The number of anilines is 2. The molecule has 0 saturated carbocycles. The summed E-state index contributed by atoms with van der Waals surface area (Å²) in [5.41, 5.74) is 0.544. The van der Waals surface area contributed by atoms with Crippen molar-refractivity contribution >= 4 is 23.2 Å². The molecule has 0 fully saturated rings. The fourth-order valence-corrected chi connectivity index (χ4v) is 1.68. The van der Waals surface area contributed by atoms with E-state index in [-0.39, 0.29) is 11.4 Å². The Labute approximate surface area is 127 Å². The van der Waals surface area contributed by atoms with Gasteiger partial charge in [0.25, 0.3) is 11.8 Å². The zero-order chi connectivity index (χ0) is 15.9. The maximum atomic E-state index is 11.7. The molecule has 0 saturated heterocycles. The molecule has 0 aliphatic carbocycles. The van der Waals surface area contributed by atoms with Gasteiger partial charge in [0.1, 0.15) is 0 Å². The van der Waals surface area contributed by atoms with Gasteiger partial charge in [0.2, 0.25) is 0 Å². The average molecular weight is 298 g/mol. The first-order valence-electron chi connectivity index (χ1n) is 6.43. The first kappa shape index (κ1) is 15.4. The molecule has 0 bridgehead atoms. The van der Waals surface area contributed by atoms with Crippen LogP contribution in [0.1, 0.15) is 0 Å². The van der Waals surface area contributed by atoms with Crippen molar-refractivity contribution in [3.63, 3.8) is 0 Å². The first-order chi connectivity index (χ1) is 10.6. The van der Waals surface area contributed by atoms with Crippen molar-refractivity contribution in [2.24, 2.45) is 0 Å². The van der Waals surface area contributed by atoms with Gasteiger partial charge in [0, 0.05) is 12.2 Å². The Morgan fingerprint density at radius 2 is 1.00 bits per heavy atom. The number of carbonyl (C=O) groups is 2. The summed E-state index contributed by atoms with van der Waals surface area (Å²) in [5.74, 6) is -1.61. The average Bonchev–Trinajstić information content (AvgIpc) is 2.59. The largest absolute Gasteiger partial charge is 0.281 e. The maximum Gasteiger partial charge on any atom is 0.274 e. The molecule has 0 radical (unpaired) electrons. The van der Waals surface area contributed by atoms with Gasteiger partial charge in [0.15, 0.2) is 0 Å². The molecule has 2 amide bonds. The van der Waals surface area contributed by atoms with E-state index >= 15 is 0 Å². The number of carbonyl (C=O) groups excluding carboxylic acids is 2. The van der Waals surface area contributed by atoms with E-state index in [1.54, 1.807) is 36.4 Å². The predicted octanol–water partition coefficient (Wildman–Crippen LogP) is 2.39. The molecule has 0 unspecified atom stereocenters. The van der Waals surface area contributed by atoms with Gasteiger partial charge in [-0.3, -0.25) is 20.0 Å². The Balaban J connectivity index is 2.02. The van der Waals surface area contributed by atoms with Crippen LogP contribution < -0.4 is 10.1 Å². The van der Waals surface area contributed by atoms with Crippen molar-refractivity contribution < 1.29 is 20.0 Å². The van der Waals surface area contributed by atoms with Crippen molar-refractivity contribution in [3.05, 3.63) is 72.8 Å². The van der Waals surface area contributed by atoms with E-state index in [0.29, 0.717) is 10.1 Å². The fraction of sp³-hybridized carbons (Fsp3) is 0. The van der Waals surface area contributed by atoms with Gasteiger partial charge in [-0.25, -0.2) is 0 Å². The second-order valence-corrected chi connectivity index (χ2v) is 4.30. The number of hydrogen-bond acceptors (Lipinski definition) is 4. The summed E-state index contributed by atoms with van der Waals surface area (Å²) in [6.07, 6.45) is 1.75. The Morgan fingerprint density at radius 1 is 0.682 bits per heavy atom. The number of rotatable bonds is 4. The standard InChI is InChI=1S/C16H14N2O4/c19-15(17(21)13-7-3-1-4-8-13)11-12-16(20)18(22)14-9-5-2-6-10-14/h1-12,21-22H/b12-11-. The smallest absolute Gasteiger partial charge is 0.274 e. The lowest BCUT2D eigenvalue weighted by atomic mass is 10.3. The SMILES string of the molecule is O=C(/C=C\C(=O)N(O)c1ccccc1)N(O)c1ccccc1. The van der Waals surface area contributed by atoms with E-state index in [9.17, 15) is 20.0 Å². The lowest BCUT2D eigenvalue weighted by Crippen LogP contribution is -2.27.